The molecular formula is C16H25NO2. The van der Waals surface area contributed by atoms with Crippen LogP contribution in [0.25, 0.3) is 0 Å². The van der Waals surface area contributed by atoms with Crippen molar-refractivity contribution in [2.24, 2.45) is 11.3 Å². The van der Waals surface area contributed by atoms with Gasteiger partial charge in [0.2, 0.25) is 5.91 Å². The molecule has 2 N–H and O–H groups in total. The van der Waals surface area contributed by atoms with E-state index < -0.39 is 0 Å². The average molecular weight is 263 g/mol. The highest BCUT2D eigenvalue weighted by Crippen LogP contribution is 2.27. The van der Waals surface area contributed by atoms with E-state index in [1.165, 1.54) is 0 Å². The van der Waals surface area contributed by atoms with Gasteiger partial charge in [-0.1, -0.05) is 39.8 Å². The second-order valence-electron chi connectivity index (χ2n) is 6.24. The number of rotatable bonds is 5. The summed E-state index contributed by atoms with van der Waals surface area (Å²) in [4.78, 5) is 11.8. The summed E-state index contributed by atoms with van der Waals surface area (Å²) in [6.45, 7) is 9.21. The largest absolute Gasteiger partial charge is 0.508 e. The minimum atomic E-state index is 0.112. The van der Waals surface area contributed by atoms with Gasteiger partial charge in [-0.05, 0) is 35.4 Å². The molecule has 0 saturated heterocycles. The Morgan fingerprint density at radius 3 is 2.37 bits per heavy atom. The highest BCUT2D eigenvalue weighted by Gasteiger charge is 2.22. The van der Waals surface area contributed by atoms with E-state index in [0.29, 0.717) is 18.9 Å². The average Bonchev–Trinajstić information content (AvgIpc) is 2.30. The molecule has 0 spiro atoms. The number of carbonyl (C=O) groups excluding carboxylic acids is 1. The van der Waals surface area contributed by atoms with Gasteiger partial charge in [0.1, 0.15) is 5.75 Å². The molecular weight excluding hydrogens is 238 g/mol. The fourth-order valence-electron chi connectivity index (χ4n) is 1.67. The predicted molar refractivity (Wildman–Crippen MR) is 78.1 cm³/mol. The van der Waals surface area contributed by atoms with Gasteiger partial charge in [-0.2, -0.15) is 0 Å². The highest BCUT2D eigenvalue weighted by molar-refractivity contribution is 5.76. The van der Waals surface area contributed by atoms with E-state index in [0.717, 1.165) is 12.0 Å². The Kier molecular flexibility index (Phi) is 5.40. The smallest absolute Gasteiger partial charge is 0.220 e. The van der Waals surface area contributed by atoms with Crippen molar-refractivity contribution in [1.82, 2.24) is 5.32 Å². The van der Waals surface area contributed by atoms with E-state index in [4.69, 9.17) is 0 Å². The van der Waals surface area contributed by atoms with E-state index in [-0.39, 0.29) is 17.1 Å². The molecule has 0 bridgehead atoms. The molecule has 0 aliphatic carbocycles. The van der Waals surface area contributed by atoms with Gasteiger partial charge in [-0.15, -0.1) is 0 Å². The standard InChI is InChI=1S/C16H25NO2/c1-12(16(2,3)4)11-15(19)17-10-9-13-5-7-14(18)8-6-13/h5-8,12,18H,9-11H2,1-4H3,(H,17,19). The lowest BCUT2D eigenvalue weighted by molar-refractivity contribution is -0.122. The molecule has 0 saturated carbocycles. The molecule has 3 nitrogen and oxygen atoms in total. The molecule has 0 aliphatic rings. The summed E-state index contributed by atoms with van der Waals surface area (Å²) in [6, 6.07) is 7.08. The maximum absolute atomic E-state index is 11.8. The molecule has 0 aliphatic heterocycles. The third-order valence-corrected chi connectivity index (χ3v) is 3.64. The number of hydrogen-bond acceptors (Lipinski definition) is 2. The number of phenols is 1. The quantitative estimate of drug-likeness (QED) is 0.857. The van der Waals surface area contributed by atoms with Crippen LogP contribution in [0.5, 0.6) is 5.75 Å². The maximum atomic E-state index is 11.8. The lowest BCUT2D eigenvalue weighted by atomic mass is 9.80. The molecule has 0 fully saturated rings. The van der Waals surface area contributed by atoms with Crippen LogP contribution in [0.4, 0.5) is 0 Å². The number of hydrogen-bond donors (Lipinski definition) is 2. The summed E-state index contributed by atoms with van der Waals surface area (Å²) in [5.41, 5.74) is 1.27. The van der Waals surface area contributed by atoms with Crippen molar-refractivity contribution in [3.8, 4) is 5.75 Å². The minimum Gasteiger partial charge on any atom is -0.508 e. The van der Waals surface area contributed by atoms with Crippen molar-refractivity contribution in [3.63, 3.8) is 0 Å². The summed E-state index contributed by atoms with van der Waals surface area (Å²) in [7, 11) is 0. The van der Waals surface area contributed by atoms with Crippen LogP contribution >= 0.6 is 0 Å². The molecule has 3 heteroatoms. The van der Waals surface area contributed by atoms with Crippen molar-refractivity contribution < 1.29 is 9.90 Å². The molecule has 1 unspecified atom stereocenters. The van der Waals surface area contributed by atoms with E-state index in [1.54, 1.807) is 12.1 Å². The number of nitrogens with one attached hydrogen (secondary N) is 1. The Hall–Kier alpha value is -1.51. The molecule has 106 valence electrons. The Balaban J connectivity index is 2.29. The summed E-state index contributed by atoms with van der Waals surface area (Å²) >= 11 is 0. The Labute approximate surface area is 116 Å². The van der Waals surface area contributed by atoms with Gasteiger partial charge in [0, 0.05) is 13.0 Å². The van der Waals surface area contributed by atoms with Gasteiger partial charge in [-0.3, -0.25) is 4.79 Å². The lowest BCUT2D eigenvalue weighted by Crippen LogP contribution is -2.30. The third kappa shape index (κ3) is 5.77. The first-order valence-corrected chi connectivity index (χ1v) is 6.83. The van der Waals surface area contributed by atoms with Crippen LogP contribution in [-0.2, 0) is 11.2 Å². The molecule has 0 heterocycles. The topological polar surface area (TPSA) is 49.3 Å². The van der Waals surface area contributed by atoms with Crippen molar-refractivity contribution in [3.05, 3.63) is 29.8 Å². The van der Waals surface area contributed by atoms with Crippen LogP contribution in [-0.4, -0.2) is 17.6 Å². The van der Waals surface area contributed by atoms with Gasteiger partial charge in [0.25, 0.3) is 0 Å². The first kappa shape index (κ1) is 15.5. The summed E-state index contributed by atoms with van der Waals surface area (Å²) in [5.74, 6) is 0.745. The van der Waals surface area contributed by atoms with Crippen LogP contribution < -0.4 is 5.32 Å². The fraction of sp³-hybridized carbons (Fsp3) is 0.562. The monoisotopic (exact) mass is 263 g/mol. The number of amides is 1. The van der Waals surface area contributed by atoms with E-state index in [1.807, 2.05) is 12.1 Å². The van der Waals surface area contributed by atoms with Gasteiger partial charge in [0.15, 0.2) is 0 Å². The zero-order valence-electron chi connectivity index (χ0n) is 12.4. The SMILES string of the molecule is CC(CC(=O)NCCc1ccc(O)cc1)C(C)(C)C. The lowest BCUT2D eigenvalue weighted by Gasteiger charge is -2.26. The summed E-state index contributed by atoms with van der Waals surface area (Å²) in [5, 5.41) is 12.1. The molecule has 1 amide bonds. The second kappa shape index (κ2) is 6.60. The predicted octanol–water partition coefficient (Wildman–Crippen LogP) is 3.12. The van der Waals surface area contributed by atoms with E-state index in [9.17, 15) is 9.90 Å². The molecule has 1 atom stereocenters. The number of phenolic OH excluding ortho intramolecular Hbond substituents is 1. The normalized spacial score (nSPS) is 13.1. The molecule has 0 aromatic heterocycles. The second-order valence-corrected chi connectivity index (χ2v) is 6.24. The van der Waals surface area contributed by atoms with Gasteiger partial charge >= 0.3 is 0 Å². The van der Waals surface area contributed by atoms with Gasteiger partial charge in [-0.25, -0.2) is 0 Å². The summed E-state index contributed by atoms with van der Waals surface area (Å²) < 4.78 is 0. The zero-order chi connectivity index (χ0) is 14.5. The Morgan fingerprint density at radius 2 is 1.84 bits per heavy atom. The van der Waals surface area contributed by atoms with Crippen LogP contribution in [0.15, 0.2) is 24.3 Å². The molecule has 1 rings (SSSR count). The van der Waals surface area contributed by atoms with E-state index in [2.05, 4.69) is 33.0 Å². The minimum absolute atomic E-state index is 0.112. The molecule has 1 aromatic rings. The maximum Gasteiger partial charge on any atom is 0.220 e. The van der Waals surface area contributed by atoms with Gasteiger partial charge < -0.3 is 10.4 Å². The van der Waals surface area contributed by atoms with Crippen LogP contribution in [0, 0.1) is 11.3 Å². The fourth-order valence-corrected chi connectivity index (χ4v) is 1.67. The van der Waals surface area contributed by atoms with Crippen molar-refractivity contribution >= 4 is 5.91 Å². The highest BCUT2D eigenvalue weighted by atomic mass is 16.3. The van der Waals surface area contributed by atoms with Crippen molar-refractivity contribution in [1.29, 1.82) is 0 Å². The van der Waals surface area contributed by atoms with Gasteiger partial charge in [0.05, 0.1) is 0 Å². The van der Waals surface area contributed by atoms with Crippen LogP contribution in [0.1, 0.15) is 39.7 Å². The number of aromatic hydroxyl groups is 1. The molecule has 1 aromatic carbocycles. The first-order valence-electron chi connectivity index (χ1n) is 6.83. The first-order chi connectivity index (χ1) is 8.79. The zero-order valence-corrected chi connectivity index (χ0v) is 12.4. The van der Waals surface area contributed by atoms with Crippen molar-refractivity contribution in [2.45, 2.75) is 40.5 Å². The van der Waals surface area contributed by atoms with Crippen molar-refractivity contribution in [2.75, 3.05) is 6.54 Å². The van der Waals surface area contributed by atoms with Crippen LogP contribution in [0.2, 0.25) is 0 Å². The van der Waals surface area contributed by atoms with E-state index >= 15 is 0 Å². The molecule has 19 heavy (non-hydrogen) atoms. The Bertz CT molecular complexity index is 404. The summed E-state index contributed by atoms with van der Waals surface area (Å²) in [6.07, 6.45) is 1.36. The number of benzene rings is 1. The molecule has 0 radical (unpaired) electrons. The van der Waals surface area contributed by atoms with Crippen LogP contribution in [0.3, 0.4) is 0 Å². The third-order valence-electron chi connectivity index (χ3n) is 3.64. The number of carbonyl (C=O) groups is 1. The Morgan fingerprint density at radius 1 is 1.26 bits per heavy atom.